The predicted molar refractivity (Wildman–Crippen MR) is 101 cm³/mol. The highest BCUT2D eigenvalue weighted by atomic mass is 16.3. The number of furan rings is 1. The van der Waals surface area contributed by atoms with Gasteiger partial charge in [-0.25, -0.2) is 0 Å². The molecule has 1 heterocycles. The third-order valence-electron chi connectivity index (χ3n) is 4.35. The Morgan fingerprint density at radius 1 is 0.880 bits per heavy atom. The van der Waals surface area contributed by atoms with Crippen LogP contribution >= 0.6 is 0 Å². The Balaban J connectivity index is 1.70. The van der Waals surface area contributed by atoms with Crippen LogP contribution in [0.4, 0.5) is 5.69 Å². The van der Waals surface area contributed by atoms with Gasteiger partial charge in [0.05, 0.1) is 12.7 Å². The lowest BCUT2D eigenvalue weighted by molar-refractivity contribution is 0.105. The van der Waals surface area contributed by atoms with Gasteiger partial charge in [0.25, 0.3) is 0 Å². The Hall–Kier alpha value is -2.82. The number of aliphatic hydroxyl groups excluding tert-OH is 2. The maximum Gasteiger partial charge on any atom is 0.143 e. The van der Waals surface area contributed by atoms with E-state index >= 15 is 0 Å². The number of benzene rings is 3. The number of rotatable bonds is 5. The van der Waals surface area contributed by atoms with E-state index in [0.29, 0.717) is 6.54 Å². The molecular weight excluding hydrogens is 314 g/mol. The van der Waals surface area contributed by atoms with Crippen LogP contribution in [0.5, 0.6) is 0 Å². The lowest BCUT2D eigenvalue weighted by Gasteiger charge is -2.11. The van der Waals surface area contributed by atoms with E-state index in [1.54, 1.807) is 0 Å². The minimum Gasteiger partial charge on any atom is -0.455 e. The molecule has 4 rings (SSSR count). The molecule has 0 aliphatic carbocycles. The van der Waals surface area contributed by atoms with E-state index < -0.39 is 6.10 Å². The highest BCUT2D eigenvalue weighted by molar-refractivity contribution is 6.09. The molecule has 0 saturated heterocycles. The van der Waals surface area contributed by atoms with Crippen molar-refractivity contribution in [1.82, 2.24) is 0 Å². The van der Waals surface area contributed by atoms with Crippen molar-refractivity contribution in [1.29, 1.82) is 0 Å². The molecule has 4 nitrogen and oxygen atoms in total. The molecular formula is C21H19NO3. The summed E-state index contributed by atoms with van der Waals surface area (Å²) in [4.78, 5) is 0. The van der Waals surface area contributed by atoms with Crippen LogP contribution in [-0.2, 0) is 0 Å². The standard InChI is InChI=1S/C21H19NO3/c23-13-16(24)12-22-15-10-8-14(9-11-15)17-5-3-6-19-18-4-1-2-7-20(18)25-21(17)19/h1-11,16,22-24H,12-13H2. The van der Waals surface area contributed by atoms with Gasteiger partial charge in [-0.2, -0.15) is 0 Å². The zero-order valence-corrected chi connectivity index (χ0v) is 13.6. The quantitative estimate of drug-likeness (QED) is 0.516. The smallest absolute Gasteiger partial charge is 0.143 e. The fourth-order valence-electron chi connectivity index (χ4n) is 3.04. The van der Waals surface area contributed by atoms with Crippen molar-refractivity contribution in [3.8, 4) is 11.1 Å². The molecule has 0 spiro atoms. The van der Waals surface area contributed by atoms with Gasteiger partial charge in [0.15, 0.2) is 0 Å². The maximum absolute atomic E-state index is 9.41. The number of nitrogens with one attached hydrogen (secondary N) is 1. The normalized spacial score (nSPS) is 12.6. The summed E-state index contributed by atoms with van der Waals surface area (Å²) >= 11 is 0. The maximum atomic E-state index is 9.41. The molecule has 126 valence electrons. The van der Waals surface area contributed by atoms with Crippen molar-refractivity contribution in [3.05, 3.63) is 66.7 Å². The van der Waals surface area contributed by atoms with E-state index in [0.717, 1.165) is 38.8 Å². The SMILES string of the molecule is OCC(O)CNc1ccc(-c2cccc3c2oc2ccccc23)cc1. The van der Waals surface area contributed by atoms with Crippen LogP contribution in [-0.4, -0.2) is 29.5 Å². The summed E-state index contributed by atoms with van der Waals surface area (Å²) in [7, 11) is 0. The third kappa shape index (κ3) is 2.97. The van der Waals surface area contributed by atoms with Crippen molar-refractivity contribution in [2.45, 2.75) is 6.10 Å². The Labute approximate surface area is 145 Å². The predicted octanol–water partition coefficient (Wildman–Crippen LogP) is 4.02. The van der Waals surface area contributed by atoms with Gasteiger partial charge in [-0.1, -0.05) is 48.5 Å². The van der Waals surface area contributed by atoms with Gasteiger partial charge in [0.1, 0.15) is 11.2 Å². The fourth-order valence-corrected chi connectivity index (χ4v) is 3.04. The van der Waals surface area contributed by atoms with E-state index in [1.807, 2.05) is 48.5 Å². The van der Waals surface area contributed by atoms with E-state index in [2.05, 4.69) is 23.5 Å². The zero-order chi connectivity index (χ0) is 17.2. The molecule has 25 heavy (non-hydrogen) atoms. The van der Waals surface area contributed by atoms with Gasteiger partial charge < -0.3 is 19.9 Å². The first-order valence-corrected chi connectivity index (χ1v) is 8.30. The van der Waals surface area contributed by atoms with Crippen molar-refractivity contribution >= 4 is 27.6 Å². The van der Waals surface area contributed by atoms with Gasteiger partial charge >= 0.3 is 0 Å². The third-order valence-corrected chi connectivity index (χ3v) is 4.35. The summed E-state index contributed by atoms with van der Waals surface area (Å²) in [6, 6.07) is 22.2. The summed E-state index contributed by atoms with van der Waals surface area (Å²) in [5.74, 6) is 0. The summed E-state index contributed by atoms with van der Waals surface area (Å²) in [6.07, 6.45) is -0.760. The van der Waals surface area contributed by atoms with Crippen molar-refractivity contribution in [2.24, 2.45) is 0 Å². The monoisotopic (exact) mass is 333 g/mol. The second kappa shape index (κ2) is 6.59. The van der Waals surface area contributed by atoms with Crippen LogP contribution in [0.3, 0.4) is 0 Å². The number of fused-ring (bicyclic) bond motifs is 3. The van der Waals surface area contributed by atoms with E-state index in [1.165, 1.54) is 0 Å². The molecule has 1 aromatic heterocycles. The zero-order valence-electron chi connectivity index (χ0n) is 13.6. The van der Waals surface area contributed by atoms with Gasteiger partial charge in [-0.05, 0) is 23.8 Å². The number of hydrogen-bond donors (Lipinski definition) is 3. The van der Waals surface area contributed by atoms with Crippen molar-refractivity contribution in [2.75, 3.05) is 18.5 Å². The second-order valence-electron chi connectivity index (χ2n) is 6.08. The lowest BCUT2D eigenvalue weighted by atomic mass is 10.0. The average molecular weight is 333 g/mol. The largest absolute Gasteiger partial charge is 0.455 e. The first-order chi connectivity index (χ1) is 12.3. The molecule has 0 bridgehead atoms. The van der Waals surface area contributed by atoms with Crippen LogP contribution in [0.15, 0.2) is 71.1 Å². The molecule has 0 aliphatic rings. The molecule has 3 N–H and O–H groups in total. The number of hydrogen-bond acceptors (Lipinski definition) is 4. The molecule has 4 heteroatoms. The Morgan fingerprint density at radius 3 is 2.44 bits per heavy atom. The molecule has 1 atom stereocenters. The Bertz CT molecular complexity index is 1000. The van der Waals surface area contributed by atoms with Crippen LogP contribution in [0.2, 0.25) is 0 Å². The Kier molecular flexibility index (Phi) is 4.14. The first kappa shape index (κ1) is 15.7. The van der Waals surface area contributed by atoms with Crippen LogP contribution in [0.25, 0.3) is 33.1 Å². The molecule has 0 aliphatic heterocycles. The summed E-state index contributed by atoms with van der Waals surface area (Å²) in [5, 5.41) is 23.6. The second-order valence-corrected chi connectivity index (χ2v) is 6.08. The highest BCUT2D eigenvalue weighted by Crippen LogP contribution is 2.35. The van der Waals surface area contributed by atoms with Gasteiger partial charge in [0, 0.05) is 28.6 Å². The lowest BCUT2D eigenvalue weighted by Crippen LogP contribution is -2.22. The van der Waals surface area contributed by atoms with E-state index in [4.69, 9.17) is 9.52 Å². The van der Waals surface area contributed by atoms with Gasteiger partial charge in [-0.15, -0.1) is 0 Å². The van der Waals surface area contributed by atoms with Crippen molar-refractivity contribution < 1.29 is 14.6 Å². The fraction of sp³-hybridized carbons (Fsp3) is 0.143. The Morgan fingerprint density at radius 2 is 1.64 bits per heavy atom. The van der Waals surface area contributed by atoms with Crippen LogP contribution in [0, 0.1) is 0 Å². The number of para-hydroxylation sites is 2. The molecule has 0 fully saturated rings. The summed E-state index contributed by atoms with van der Waals surface area (Å²) < 4.78 is 6.09. The molecule has 4 aromatic rings. The van der Waals surface area contributed by atoms with Gasteiger partial charge in [-0.3, -0.25) is 0 Å². The summed E-state index contributed by atoms with van der Waals surface area (Å²) in [6.45, 7) is 0.0636. The summed E-state index contributed by atoms with van der Waals surface area (Å²) in [5.41, 5.74) is 4.79. The average Bonchev–Trinajstić information content (AvgIpc) is 3.05. The number of aliphatic hydroxyl groups is 2. The van der Waals surface area contributed by atoms with Gasteiger partial charge in [0.2, 0.25) is 0 Å². The number of anilines is 1. The molecule has 1 unspecified atom stereocenters. The highest BCUT2D eigenvalue weighted by Gasteiger charge is 2.11. The molecule has 0 saturated carbocycles. The van der Waals surface area contributed by atoms with Crippen molar-refractivity contribution in [3.63, 3.8) is 0 Å². The van der Waals surface area contributed by atoms with E-state index in [-0.39, 0.29) is 6.61 Å². The minimum atomic E-state index is -0.760. The van der Waals surface area contributed by atoms with Crippen LogP contribution in [0.1, 0.15) is 0 Å². The molecule has 3 aromatic carbocycles. The first-order valence-electron chi connectivity index (χ1n) is 8.30. The molecule has 0 amide bonds. The minimum absolute atomic E-state index is 0.251. The van der Waals surface area contributed by atoms with E-state index in [9.17, 15) is 5.11 Å². The molecule has 0 radical (unpaired) electrons. The van der Waals surface area contributed by atoms with Crippen LogP contribution < -0.4 is 5.32 Å². The topological polar surface area (TPSA) is 65.6 Å².